The summed E-state index contributed by atoms with van der Waals surface area (Å²) in [6.45, 7) is 0. The molecule has 14 heavy (non-hydrogen) atoms. The number of aromatic hydroxyl groups is 1. The van der Waals surface area contributed by atoms with Crippen LogP contribution < -0.4 is 5.73 Å². The van der Waals surface area contributed by atoms with E-state index in [0.717, 1.165) is 17.0 Å². The Kier molecular flexibility index (Phi) is 2.45. The third-order valence-electron chi connectivity index (χ3n) is 1.88. The van der Waals surface area contributed by atoms with Crippen molar-refractivity contribution in [1.29, 1.82) is 0 Å². The zero-order valence-electron chi connectivity index (χ0n) is 7.47. The summed E-state index contributed by atoms with van der Waals surface area (Å²) < 4.78 is 0. The highest BCUT2D eigenvalue weighted by molar-refractivity contribution is 8.14. The van der Waals surface area contributed by atoms with Gasteiger partial charge in [-0.3, -0.25) is 0 Å². The quantitative estimate of drug-likeness (QED) is 0.736. The molecule has 0 aromatic heterocycles. The molecule has 4 heteroatoms. The van der Waals surface area contributed by atoms with Crippen LogP contribution in [0.4, 0.5) is 0 Å². The van der Waals surface area contributed by atoms with Gasteiger partial charge in [0.05, 0.1) is 5.70 Å². The van der Waals surface area contributed by atoms with Crippen LogP contribution in [0.1, 0.15) is 5.56 Å². The predicted molar refractivity (Wildman–Crippen MR) is 60.2 cm³/mol. The number of rotatable bonds is 1. The van der Waals surface area contributed by atoms with Crippen molar-refractivity contribution in [2.45, 2.75) is 0 Å². The lowest BCUT2D eigenvalue weighted by atomic mass is 10.2. The van der Waals surface area contributed by atoms with Crippen LogP contribution in [0.2, 0.25) is 0 Å². The molecule has 3 nitrogen and oxygen atoms in total. The topological polar surface area (TPSA) is 58.6 Å². The minimum atomic E-state index is 0.269. The van der Waals surface area contributed by atoms with Crippen molar-refractivity contribution in [2.75, 3.05) is 5.75 Å². The van der Waals surface area contributed by atoms with Crippen molar-refractivity contribution in [3.8, 4) is 5.75 Å². The molecule has 72 valence electrons. The van der Waals surface area contributed by atoms with Crippen LogP contribution in [-0.2, 0) is 0 Å². The maximum Gasteiger partial charge on any atom is 0.159 e. The van der Waals surface area contributed by atoms with Crippen molar-refractivity contribution < 1.29 is 5.11 Å². The Morgan fingerprint density at radius 2 is 2.21 bits per heavy atom. The van der Waals surface area contributed by atoms with Gasteiger partial charge in [-0.25, -0.2) is 4.99 Å². The number of nitrogens with zero attached hydrogens (tertiary/aromatic N) is 1. The number of nitrogens with two attached hydrogens (primary N) is 1. The number of phenolic OH excluding ortho intramolecular Hbond substituents is 1. The maximum absolute atomic E-state index is 9.51. The minimum Gasteiger partial charge on any atom is -0.507 e. The molecule has 0 unspecified atom stereocenters. The van der Waals surface area contributed by atoms with Crippen molar-refractivity contribution in [3.05, 3.63) is 35.5 Å². The molecular weight excluding hydrogens is 196 g/mol. The first-order chi connectivity index (χ1) is 6.75. The molecule has 0 aliphatic carbocycles. The molecule has 1 aliphatic rings. The van der Waals surface area contributed by atoms with Gasteiger partial charge in [-0.05, 0) is 12.1 Å². The SMILES string of the molecule is NC1=N/C(=C/c2ccccc2O)CS1. The Hall–Kier alpha value is -1.42. The number of thioether (sulfide) groups is 1. The van der Waals surface area contributed by atoms with E-state index in [1.165, 1.54) is 11.8 Å². The zero-order chi connectivity index (χ0) is 9.97. The van der Waals surface area contributed by atoms with E-state index in [1.54, 1.807) is 12.1 Å². The van der Waals surface area contributed by atoms with Gasteiger partial charge in [-0.2, -0.15) is 0 Å². The van der Waals surface area contributed by atoms with Gasteiger partial charge in [0.2, 0.25) is 0 Å². The molecule has 2 rings (SSSR count). The van der Waals surface area contributed by atoms with Gasteiger partial charge in [-0.1, -0.05) is 30.0 Å². The predicted octanol–water partition coefficient (Wildman–Crippen LogP) is 1.79. The van der Waals surface area contributed by atoms with Gasteiger partial charge in [0.25, 0.3) is 0 Å². The van der Waals surface area contributed by atoms with E-state index >= 15 is 0 Å². The zero-order valence-corrected chi connectivity index (χ0v) is 8.29. The second kappa shape index (κ2) is 3.75. The maximum atomic E-state index is 9.51. The summed E-state index contributed by atoms with van der Waals surface area (Å²) in [7, 11) is 0. The number of hydrogen-bond acceptors (Lipinski definition) is 4. The largest absolute Gasteiger partial charge is 0.507 e. The van der Waals surface area contributed by atoms with E-state index in [0.29, 0.717) is 5.17 Å². The van der Waals surface area contributed by atoms with Crippen LogP contribution in [0.25, 0.3) is 6.08 Å². The van der Waals surface area contributed by atoms with Crippen LogP contribution in [-0.4, -0.2) is 16.0 Å². The lowest BCUT2D eigenvalue weighted by molar-refractivity contribution is 0.474. The van der Waals surface area contributed by atoms with Crippen molar-refractivity contribution in [2.24, 2.45) is 10.7 Å². The van der Waals surface area contributed by atoms with Crippen LogP contribution in [0.3, 0.4) is 0 Å². The Balaban J connectivity index is 2.30. The Bertz CT molecular complexity index is 412. The number of amidine groups is 1. The number of phenols is 1. The average Bonchev–Trinajstić information content (AvgIpc) is 2.56. The Morgan fingerprint density at radius 3 is 2.86 bits per heavy atom. The van der Waals surface area contributed by atoms with Crippen molar-refractivity contribution in [3.63, 3.8) is 0 Å². The fourth-order valence-corrected chi connectivity index (χ4v) is 1.84. The van der Waals surface area contributed by atoms with Gasteiger partial charge in [-0.15, -0.1) is 0 Å². The van der Waals surface area contributed by atoms with E-state index in [4.69, 9.17) is 5.73 Å². The first kappa shape index (κ1) is 9.15. The molecule has 0 fully saturated rings. The molecule has 1 aliphatic heterocycles. The number of benzene rings is 1. The normalized spacial score (nSPS) is 18.6. The highest BCUT2D eigenvalue weighted by Gasteiger charge is 2.08. The first-order valence-corrected chi connectivity index (χ1v) is 5.20. The van der Waals surface area contributed by atoms with E-state index < -0.39 is 0 Å². The highest BCUT2D eigenvalue weighted by Crippen LogP contribution is 2.24. The number of hydrogen-bond donors (Lipinski definition) is 2. The molecule has 1 aromatic rings. The molecule has 0 saturated carbocycles. The summed E-state index contributed by atoms with van der Waals surface area (Å²) in [6, 6.07) is 7.16. The molecule has 3 N–H and O–H groups in total. The minimum absolute atomic E-state index is 0.269. The highest BCUT2D eigenvalue weighted by atomic mass is 32.2. The van der Waals surface area contributed by atoms with Gasteiger partial charge < -0.3 is 10.8 Å². The monoisotopic (exact) mass is 206 g/mol. The van der Waals surface area contributed by atoms with Gasteiger partial charge in [0, 0.05) is 11.3 Å². The fourth-order valence-electron chi connectivity index (χ4n) is 1.22. The Labute approximate surface area is 86.3 Å². The van der Waals surface area contributed by atoms with E-state index in [9.17, 15) is 5.11 Å². The molecular formula is C10H10N2OS. The molecule has 0 radical (unpaired) electrons. The summed E-state index contributed by atoms with van der Waals surface area (Å²) in [5, 5.41) is 10.1. The van der Waals surface area contributed by atoms with Gasteiger partial charge in [0.1, 0.15) is 5.75 Å². The molecule has 0 atom stereocenters. The molecule has 0 saturated heterocycles. The lowest BCUT2D eigenvalue weighted by Gasteiger charge is -1.97. The standard InChI is InChI=1S/C10H10N2OS/c11-10-12-8(6-14-10)5-7-3-1-2-4-9(7)13/h1-5,13H,6H2,(H2,11,12)/b8-5+. The summed E-state index contributed by atoms with van der Waals surface area (Å²) in [4.78, 5) is 4.13. The number of para-hydroxylation sites is 1. The molecule has 1 aromatic carbocycles. The summed E-state index contributed by atoms with van der Waals surface area (Å²) in [6.07, 6.45) is 1.85. The second-order valence-corrected chi connectivity index (χ2v) is 3.93. The van der Waals surface area contributed by atoms with Crippen LogP contribution >= 0.6 is 11.8 Å². The Morgan fingerprint density at radius 1 is 1.43 bits per heavy atom. The molecule has 0 spiro atoms. The summed E-state index contributed by atoms with van der Waals surface area (Å²) >= 11 is 1.51. The van der Waals surface area contributed by atoms with Crippen LogP contribution in [0.5, 0.6) is 5.75 Å². The van der Waals surface area contributed by atoms with E-state index in [-0.39, 0.29) is 5.75 Å². The summed E-state index contributed by atoms with van der Waals surface area (Å²) in [5.41, 5.74) is 7.20. The lowest BCUT2D eigenvalue weighted by Crippen LogP contribution is -2.00. The van der Waals surface area contributed by atoms with Crippen molar-refractivity contribution >= 4 is 23.0 Å². The van der Waals surface area contributed by atoms with Crippen LogP contribution in [0, 0.1) is 0 Å². The van der Waals surface area contributed by atoms with Gasteiger partial charge in [0.15, 0.2) is 5.17 Å². The molecule has 1 heterocycles. The van der Waals surface area contributed by atoms with Crippen LogP contribution in [0.15, 0.2) is 35.0 Å². The summed E-state index contributed by atoms with van der Waals surface area (Å²) in [5.74, 6) is 1.05. The molecule has 0 bridgehead atoms. The fraction of sp³-hybridized carbons (Fsp3) is 0.100. The number of aliphatic imine (C=N–C) groups is 1. The van der Waals surface area contributed by atoms with E-state index in [2.05, 4.69) is 4.99 Å². The second-order valence-electron chi connectivity index (χ2n) is 2.93. The smallest absolute Gasteiger partial charge is 0.159 e. The van der Waals surface area contributed by atoms with Gasteiger partial charge >= 0.3 is 0 Å². The average molecular weight is 206 g/mol. The third-order valence-corrected chi connectivity index (χ3v) is 2.71. The molecule has 0 amide bonds. The van der Waals surface area contributed by atoms with E-state index in [1.807, 2.05) is 18.2 Å². The third kappa shape index (κ3) is 1.90. The first-order valence-electron chi connectivity index (χ1n) is 4.21. The van der Waals surface area contributed by atoms with Crippen molar-refractivity contribution in [1.82, 2.24) is 0 Å².